The first-order chi connectivity index (χ1) is 6.79. The number of hydrogen-bond acceptors (Lipinski definition) is 3. The second kappa shape index (κ2) is 3.92. The Morgan fingerprint density at radius 1 is 1.43 bits per heavy atom. The zero-order valence-electron chi connectivity index (χ0n) is 7.97. The normalized spacial score (nSPS) is 27.5. The van der Waals surface area contributed by atoms with E-state index in [2.05, 4.69) is 4.98 Å². The molecule has 2 rings (SSSR count). The minimum atomic E-state index is -0.398. The predicted octanol–water partition coefficient (Wildman–Crippen LogP) is 0.719. The molecule has 0 spiro atoms. The van der Waals surface area contributed by atoms with Crippen LogP contribution in [0.2, 0.25) is 0 Å². The van der Waals surface area contributed by atoms with Gasteiger partial charge in [-0.25, -0.2) is 4.98 Å². The molecule has 14 heavy (non-hydrogen) atoms. The summed E-state index contributed by atoms with van der Waals surface area (Å²) < 4.78 is 1.55. The van der Waals surface area contributed by atoms with E-state index in [9.17, 15) is 9.90 Å². The Balaban J connectivity index is 2.29. The third-order valence-electron chi connectivity index (χ3n) is 2.80. The van der Waals surface area contributed by atoms with Gasteiger partial charge in [0.1, 0.15) is 0 Å². The first-order valence-corrected chi connectivity index (χ1v) is 4.99. The average Bonchev–Trinajstić information content (AvgIpc) is 2.20. The summed E-state index contributed by atoms with van der Waals surface area (Å²) in [5, 5.41) is 9.76. The molecule has 2 atom stereocenters. The van der Waals surface area contributed by atoms with Crippen LogP contribution < -0.4 is 5.56 Å². The largest absolute Gasteiger partial charge is 0.391 e. The fraction of sp³-hybridized carbons (Fsp3) is 0.600. The van der Waals surface area contributed by atoms with Gasteiger partial charge in [-0.15, -0.1) is 0 Å². The fourth-order valence-corrected chi connectivity index (χ4v) is 2.03. The Labute approximate surface area is 82.2 Å². The monoisotopic (exact) mass is 194 g/mol. The van der Waals surface area contributed by atoms with E-state index in [0.717, 1.165) is 25.7 Å². The SMILES string of the molecule is O=c1ccncn1C1CCCCC1O. The summed E-state index contributed by atoms with van der Waals surface area (Å²) in [5.41, 5.74) is -0.0778. The molecule has 0 amide bonds. The minimum Gasteiger partial charge on any atom is -0.391 e. The summed E-state index contributed by atoms with van der Waals surface area (Å²) >= 11 is 0. The van der Waals surface area contributed by atoms with Gasteiger partial charge in [0, 0.05) is 12.3 Å². The first kappa shape index (κ1) is 9.40. The summed E-state index contributed by atoms with van der Waals surface area (Å²) in [7, 11) is 0. The van der Waals surface area contributed by atoms with Crippen LogP contribution in [0.4, 0.5) is 0 Å². The van der Waals surface area contributed by atoms with E-state index in [-0.39, 0.29) is 11.6 Å². The van der Waals surface area contributed by atoms with E-state index in [1.165, 1.54) is 18.6 Å². The Bertz CT molecular complexity index is 361. The molecule has 0 saturated heterocycles. The molecule has 1 N–H and O–H groups in total. The van der Waals surface area contributed by atoms with Crippen molar-refractivity contribution in [3.05, 3.63) is 28.9 Å². The molecule has 1 aromatic heterocycles. The molecule has 0 radical (unpaired) electrons. The standard InChI is InChI=1S/C10H14N2O2/c13-9-4-2-1-3-8(9)12-7-11-6-5-10(12)14/h5-9,13H,1-4H2. The van der Waals surface area contributed by atoms with Gasteiger partial charge in [-0.3, -0.25) is 9.36 Å². The quantitative estimate of drug-likeness (QED) is 0.716. The average molecular weight is 194 g/mol. The zero-order chi connectivity index (χ0) is 9.97. The lowest BCUT2D eigenvalue weighted by molar-refractivity contribution is 0.0732. The highest BCUT2D eigenvalue weighted by Gasteiger charge is 2.24. The number of aliphatic hydroxyl groups excluding tert-OH is 1. The van der Waals surface area contributed by atoms with Gasteiger partial charge in [0.05, 0.1) is 18.5 Å². The number of aliphatic hydroxyl groups is 1. The molecule has 2 unspecified atom stereocenters. The number of nitrogens with zero attached hydrogens (tertiary/aromatic N) is 2. The topological polar surface area (TPSA) is 55.1 Å². The summed E-state index contributed by atoms with van der Waals surface area (Å²) in [6, 6.07) is 1.35. The van der Waals surface area contributed by atoms with Crippen LogP contribution in [0.1, 0.15) is 31.7 Å². The fourth-order valence-electron chi connectivity index (χ4n) is 2.03. The van der Waals surface area contributed by atoms with Crippen molar-refractivity contribution in [2.75, 3.05) is 0 Å². The number of hydrogen-bond donors (Lipinski definition) is 1. The van der Waals surface area contributed by atoms with E-state index in [0.29, 0.717) is 0 Å². The van der Waals surface area contributed by atoms with Crippen molar-refractivity contribution in [3.8, 4) is 0 Å². The molecule has 1 aromatic rings. The van der Waals surface area contributed by atoms with E-state index in [1.807, 2.05) is 0 Å². The molecule has 4 nitrogen and oxygen atoms in total. The summed E-state index contributed by atoms with van der Waals surface area (Å²) in [6.07, 6.45) is 6.37. The second-order valence-corrected chi connectivity index (χ2v) is 3.74. The molecule has 1 saturated carbocycles. The molecule has 0 aromatic carbocycles. The van der Waals surface area contributed by atoms with Gasteiger partial charge >= 0.3 is 0 Å². The van der Waals surface area contributed by atoms with Gasteiger partial charge in [-0.05, 0) is 12.8 Å². The van der Waals surface area contributed by atoms with Crippen LogP contribution in [-0.4, -0.2) is 20.8 Å². The first-order valence-electron chi connectivity index (χ1n) is 4.99. The van der Waals surface area contributed by atoms with Crippen molar-refractivity contribution in [2.24, 2.45) is 0 Å². The maximum absolute atomic E-state index is 11.5. The van der Waals surface area contributed by atoms with Crippen molar-refractivity contribution in [1.29, 1.82) is 0 Å². The highest BCUT2D eigenvalue weighted by Crippen LogP contribution is 2.26. The van der Waals surface area contributed by atoms with Gasteiger partial charge in [0.15, 0.2) is 0 Å². The van der Waals surface area contributed by atoms with Crippen LogP contribution in [-0.2, 0) is 0 Å². The third-order valence-corrected chi connectivity index (χ3v) is 2.80. The van der Waals surface area contributed by atoms with Crippen molar-refractivity contribution in [1.82, 2.24) is 9.55 Å². The lowest BCUT2D eigenvalue weighted by atomic mass is 9.92. The van der Waals surface area contributed by atoms with Crippen molar-refractivity contribution < 1.29 is 5.11 Å². The predicted molar refractivity (Wildman–Crippen MR) is 52.0 cm³/mol. The van der Waals surface area contributed by atoms with Gasteiger partial charge in [0.25, 0.3) is 5.56 Å². The molecule has 1 fully saturated rings. The molecule has 1 aliphatic rings. The lowest BCUT2D eigenvalue weighted by Crippen LogP contribution is -2.34. The van der Waals surface area contributed by atoms with Gasteiger partial charge in [0.2, 0.25) is 0 Å². The van der Waals surface area contributed by atoms with Crippen LogP contribution in [0, 0.1) is 0 Å². The van der Waals surface area contributed by atoms with E-state index in [4.69, 9.17) is 0 Å². The molecule has 76 valence electrons. The smallest absolute Gasteiger partial charge is 0.253 e. The van der Waals surface area contributed by atoms with Crippen molar-refractivity contribution in [2.45, 2.75) is 37.8 Å². The molecule has 4 heteroatoms. The molecular formula is C10H14N2O2. The number of rotatable bonds is 1. The minimum absolute atomic E-state index is 0.0778. The summed E-state index contributed by atoms with van der Waals surface area (Å²) in [6.45, 7) is 0. The van der Waals surface area contributed by atoms with Gasteiger partial charge in [-0.1, -0.05) is 12.8 Å². The zero-order valence-corrected chi connectivity index (χ0v) is 7.97. The molecule has 1 heterocycles. The van der Waals surface area contributed by atoms with E-state index in [1.54, 1.807) is 4.57 Å². The maximum atomic E-state index is 11.5. The van der Waals surface area contributed by atoms with Crippen LogP contribution in [0.3, 0.4) is 0 Å². The van der Waals surface area contributed by atoms with E-state index < -0.39 is 6.10 Å². The Kier molecular flexibility index (Phi) is 2.63. The Morgan fingerprint density at radius 2 is 2.21 bits per heavy atom. The van der Waals surface area contributed by atoms with Crippen LogP contribution in [0.5, 0.6) is 0 Å². The van der Waals surface area contributed by atoms with Crippen LogP contribution in [0.15, 0.2) is 23.4 Å². The van der Waals surface area contributed by atoms with Crippen LogP contribution >= 0.6 is 0 Å². The molecule has 1 aliphatic carbocycles. The Morgan fingerprint density at radius 3 is 2.93 bits per heavy atom. The van der Waals surface area contributed by atoms with Crippen molar-refractivity contribution >= 4 is 0 Å². The lowest BCUT2D eigenvalue weighted by Gasteiger charge is -2.28. The number of aromatic nitrogens is 2. The third kappa shape index (κ3) is 1.70. The molecule has 0 aliphatic heterocycles. The van der Waals surface area contributed by atoms with Gasteiger partial charge < -0.3 is 5.11 Å². The highest BCUT2D eigenvalue weighted by atomic mass is 16.3. The maximum Gasteiger partial charge on any atom is 0.253 e. The van der Waals surface area contributed by atoms with E-state index >= 15 is 0 Å². The summed E-state index contributed by atoms with van der Waals surface area (Å²) in [4.78, 5) is 15.4. The highest BCUT2D eigenvalue weighted by molar-refractivity contribution is 4.89. The second-order valence-electron chi connectivity index (χ2n) is 3.74. The van der Waals surface area contributed by atoms with Crippen LogP contribution in [0.25, 0.3) is 0 Å². The van der Waals surface area contributed by atoms with Gasteiger partial charge in [-0.2, -0.15) is 0 Å². The molecular weight excluding hydrogens is 180 g/mol. The Hall–Kier alpha value is -1.16. The molecule has 0 bridgehead atoms. The van der Waals surface area contributed by atoms with Crippen molar-refractivity contribution in [3.63, 3.8) is 0 Å². The summed E-state index contributed by atoms with van der Waals surface area (Å²) in [5.74, 6) is 0.